The van der Waals surface area contributed by atoms with Crippen LogP contribution in [0.2, 0.25) is 0 Å². The van der Waals surface area contributed by atoms with Crippen molar-refractivity contribution in [2.75, 3.05) is 13.2 Å². The molecular weight excluding hydrogens is 280 g/mol. The van der Waals surface area contributed by atoms with Gasteiger partial charge in [-0.15, -0.1) is 0 Å². The molecule has 3 atom stereocenters. The third-order valence-electron chi connectivity index (χ3n) is 5.05. The number of nitrogens with zero attached hydrogens (tertiary/aromatic N) is 1. The molecule has 0 radical (unpaired) electrons. The summed E-state index contributed by atoms with van der Waals surface area (Å²) in [5.74, 6) is 0.118. The lowest BCUT2D eigenvalue weighted by molar-refractivity contribution is -0.141. The van der Waals surface area contributed by atoms with Gasteiger partial charge in [-0.3, -0.25) is 9.59 Å². The summed E-state index contributed by atoms with van der Waals surface area (Å²) in [5, 5.41) is 12.7. The van der Waals surface area contributed by atoms with Crippen molar-refractivity contribution in [3.8, 4) is 0 Å². The van der Waals surface area contributed by atoms with Crippen molar-refractivity contribution >= 4 is 11.8 Å². The highest BCUT2D eigenvalue weighted by Crippen LogP contribution is 2.25. The average molecular weight is 310 g/mol. The van der Waals surface area contributed by atoms with E-state index in [2.05, 4.69) is 5.32 Å². The van der Waals surface area contributed by atoms with Gasteiger partial charge in [-0.25, -0.2) is 0 Å². The summed E-state index contributed by atoms with van der Waals surface area (Å²) in [6, 6.07) is -0.269. The Morgan fingerprint density at radius 3 is 2.55 bits per heavy atom. The van der Waals surface area contributed by atoms with Crippen LogP contribution in [0.5, 0.6) is 0 Å². The fourth-order valence-corrected chi connectivity index (χ4v) is 3.71. The molecule has 2 N–H and O–H groups in total. The Balaban J connectivity index is 1.99. The van der Waals surface area contributed by atoms with Crippen LogP contribution in [0.15, 0.2) is 0 Å². The predicted molar refractivity (Wildman–Crippen MR) is 85.2 cm³/mol. The minimum Gasteiger partial charge on any atom is -0.396 e. The van der Waals surface area contributed by atoms with E-state index in [1.54, 1.807) is 4.90 Å². The fraction of sp³-hybridized carbons (Fsp3) is 0.882. The lowest BCUT2D eigenvalue weighted by Gasteiger charge is -2.30. The first kappa shape index (κ1) is 17.3. The second-order valence-electron chi connectivity index (χ2n) is 7.04. The zero-order chi connectivity index (χ0) is 16.1. The fourth-order valence-electron chi connectivity index (χ4n) is 3.71. The maximum atomic E-state index is 12.6. The van der Waals surface area contributed by atoms with Gasteiger partial charge in [0.15, 0.2) is 0 Å². The molecule has 1 aliphatic carbocycles. The van der Waals surface area contributed by atoms with Crippen molar-refractivity contribution in [2.24, 2.45) is 11.8 Å². The van der Waals surface area contributed by atoms with E-state index in [1.807, 2.05) is 13.8 Å². The summed E-state index contributed by atoms with van der Waals surface area (Å²) in [6.07, 6.45) is 6.94. The highest BCUT2D eigenvalue weighted by Gasteiger charge is 2.36. The van der Waals surface area contributed by atoms with E-state index in [0.29, 0.717) is 6.54 Å². The van der Waals surface area contributed by atoms with E-state index in [-0.39, 0.29) is 42.3 Å². The third kappa shape index (κ3) is 4.00. The lowest BCUT2D eigenvalue weighted by Crippen LogP contribution is -2.51. The number of hydrogen-bond acceptors (Lipinski definition) is 3. The van der Waals surface area contributed by atoms with E-state index in [4.69, 9.17) is 0 Å². The molecule has 22 heavy (non-hydrogen) atoms. The zero-order valence-corrected chi connectivity index (χ0v) is 13.9. The highest BCUT2D eigenvalue weighted by atomic mass is 16.3. The van der Waals surface area contributed by atoms with Crippen LogP contribution in [0.25, 0.3) is 0 Å². The summed E-state index contributed by atoms with van der Waals surface area (Å²) in [4.78, 5) is 26.6. The maximum Gasteiger partial charge on any atom is 0.243 e. The van der Waals surface area contributed by atoms with Gasteiger partial charge >= 0.3 is 0 Å². The second-order valence-corrected chi connectivity index (χ2v) is 7.04. The summed E-state index contributed by atoms with van der Waals surface area (Å²) in [5.41, 5.74) is 0. The Hall–Kier alpha value is -1.10. The van der Waals surface area contributed by atoms with Crippen molar-refractivity contribution in [3.63, 3.8) is 0 Å². The Bertz CT molecular complexity index is 397. The first-order valence-corrected chi connectivity index (χ1v) is 8.76. The number of nitrogens with one attached hydrogen (secondary N) is 1. The average Bonchev–Trinajstić information content (AvgIpc) is 2.88. The van der Waals surface area contributed by atoms with Crippen molar-refractivity contribution < 1.29 is 14.7 Å². The molecule has 0 aromatic rings. The summed E-state index contributed by atoms with van der Waals surface area (Å²) in [6.45, 7) is 4.57. The molecule has 1 saturated heterocycles. The molecule has 2 fully saturated rings. The molecule has 2 amide bonds. The number of aliphatic hydroxyl groups excluding tert-OH is 1. The summed E-state index contributed by atoms with van der Waals surface area (Å²) < 4.78 is 0. The normalized spacial score (nSPS) is 29.5. The van der Waals surface area contributed by atoms with Gasteiger partial charge in [0, 0.05) is 31.0 Å². The predicted octanol–water partition coefficient (Wildman–Crippen LogP) is 1.69. The topological polar surface area (TPSA) is 69.6 Å². The Labute approximate surface area is 133 Å². The van der Waals surface area contributed by atoms with Crippen LogP contribution >= 0.6 is 0 Å². The third-order valence-corrected chi connectivity index (χ3v) is 5.05. The molecule has 2 aliphatic rings. The number of aliphatic hydroxyl groups is 1. The molecule has 3 unspecified atom stereocenters. The molecule has 1 saturated carbocycles. The quantitative estimate of drug-likeness (QED) is 0.776. The van der Waals surface area contributed by atoms with Gasteiger partial charge in [0.1, 0.15) is 6.04 Å². The molecule has 0 aromatic heterocycles. The first-order valence-electron chi connectivity index (χ1n) is 8.76. The largest absolute Gasteiger partial charge is 0.396 e. The van der Waals surface area contributed by atoms with Gasteiger partial charge in [-0.05, 0) is 25.7 Å². The van der Waals surface area contributed by atoms with Crippen molar-refractivity contribution in [2.45, 2.75) is 70.9 Å². The van der Waals surface area contributed by atoms with Crippen LogP contribution in [-0.4, -0.2) is 47.1 Å². The molecule has 1 aliphatic heterocycles. The van der Waals surface area contributed by atoms with Crippen molar-refractivity contribution in [1.82, 2.24) is 10.2 Å². The van der Waals surface area contributed by atoms with Crippen LogP contribution in [0.4, 0.5) is 0 Å². The Kier molecular flexibility index (Phi) is 6.24. The first-order chi connectivity index (χ1) is 10.5. The van der Waals surface area contributed by atoms with Gasteiger partial charge in [0.25, 0.3) is 0 Å². The van der Waals surface area contributed by atoms with E-state index in [0.717, 1.165) is 38.5 Å². The van der Waals surface area contributed by atoms with Gasteiger partial charge in [0.05, 0.1) is 0 Å². The zero-order valence-electron chi connectivity index (χ0n) is 13.9. The SMILES string of the molecule is CC(C)C(=O)N1CCCC1C(=O)NC1CCCCCC1CO. The van der Waals surface area contributed by atoms with Crippen molar-refractivity contribution in [3.05, 3.63) is 0 Å². The molecule has 0 spiro atoms. The molecule has 2 rings (SSSR count). The van der Waals surface area contributed by atoms with Crippen LogP contribution in [0.3, 0.4) is 0 Å². The van der Waals surface area contributed by atoms with Gasteiger partial charge in [0.2, 0.25) is 11.8 Å². The molecule has 5 nitrogen and oxygen atoms in total. The number of likely N-dealkylation sites (tertiary alicyclic amines) is 1. The van der Waals surface area contributed by atoms with Crippen LogP contribution in [0.1, 0.15) is 58.8 Å². The van der Waals surface area contributed by atoms with Gasteiger partial charge < -0.3 is 15.3 Å². The van der Waals surface area contributed by atoms with E-state index < -0.39 is 0 Å². The van der Waals surface area contributed by atoms with Gasteiger partial charge in [-0.1, -0.05) is 33.1 Å². The minimum absolute atomic E-state index is 0.0307. The molecule has 5 heteroatoms. The molecule has 126 valence electrons. The monoisotopic (exact) mass is 310 g/mol. The Morgan fingerprint density at radius 1 is 1.14 bits per heavy atom. The lowest BCUT2D eigenvalue weighted by atomic mass is 9.95. The summed E-state index contributed by atoms with van der Waals surface area (Å²) >= 11 is 0. The maximum absolute atomic E-state index is 12.6. The van der Waals surface area contributed by atoms with E-state index in [1.165, 1.54) is 6.42 Å². The molecular formula is C17H30N2O3. The van der Waals surface area contributed by atoms with Crippen LogP contribution < -0.4 is 5.32 Å². The van der Waals surface area contributed by atoms with Crippen molar-refractivity contribution in [1.29, 1.82) is 0 Å². The number of amides is 2. The number of rotatable bonds is 4. The van der Waals surface area contributed by atoms with Gasteiger partial charge in [-0.2, -0.15) is 0 Å². The van der Waals surface area contributed by atoms with E-state index >= 15 is 0 Å². The Morgan fingerprint density at radius 2 is 1.86 bits per heavy atom. The van der Waals surface area contributed by atoms with E-state index in [9.17, 15) is 14.7 Å². The highest BCUT2D eigenvalue weighted by molar-refractivity contribution is 5.89. The summed E-state index contributed by atoms with van der Waals surface area (Å²) in [7, 11) is 0. The molecule has 1 heterocycles. The number of carbonyl (C=O) groups excluding carboxylic acids is 2. The molecule has 0 aromatic carbocycles. The molecule has 0 bridgehead atoms. The minimum atomic E-state index is -0.322. The second kappa shape index (κ2) is 7.95. The smallest absolute Gasteiger partial charge is 0.243 e. The van der Waals surface area contributed by atoms with Crippen LogP contribution in [0, 0.1) is 11.8 Å². The number of carbonyl (C=O) groups is 2. The van der Waals surface area contributed by atoms with Crippen LogP contribution in [-0.2, 0) is 9.59 Å². The standard InChI is InChI=1S/C17H30N2O3/c1-12(2)17(22)19-10-6-9-15(19)16(21)18-14-8-5-3-4-7-13(14)11-20/h12-15,20H,3-11H2,1-2H3,(H,18,21). The number of hydrogen-bond donors (Lipinski definition) is 2.